The molecule has 1 fully saturated rings. The molecule has 0 radical (unpaired) electrons. The molecular formula is C15H14Cl2F3N5O. The van der Waals surface area contributed by atoms with Gasteiger partial charge in [-0.2, -0.15) is 18.3 Å². The van der Waals surface area contributed by atoms with E-state index in [1.807, 2.05) is 9.80 Å². The summed E-state index contributed by atoms with van der Waals surface area (Å²) in [4.78, 5) is 19.8. The molecule has 1 aliphatic heterocycles. The Labute approximate surface area is 156 Å². The zero-order valence-corrected chi connectivity index (χ0v) is 14.9. The quantitative estimate of drug-likeness (QED) is 0.782. The molecule has 0 aliphatic carbocycles. The molecule has 0 spiro atoms. The highest BCUT2D eigenvalue weighted by Gasteiger charge is 2.31. The van der Waals surface area contributed by atoms with Gasteiger partial charge in [-0.05, 0) is 12.1 Å². The molecular weight excluding hydrogens is 394 g/mol. The molecule has 1 aliphatic rings. The van der Waals surface area contributed by atoms with Crippen molar-refractivity contribution in [2.24, 2.45) is 0 Å². The standard InChI is InChI=1S/C15H14Cl2F3N5O/c16-11-8-22-25(14(26)13(11)17)9-23-3-5-24(6-4-23)12-2-1-10(7-21-12)15(18,19)20/h1-2,7-8H,3-6,9H2. The number of piperazine rings is 1. The summed E-state index contributed by atoms with van der Waals surface area (Å²) in [5.74, 6) is 0.488. The largest absolute Gasteiger partial charge is 0.417 e. The first-order chi connectivity index (χ1) is 12.3. The van der Waals surface area contributed by atoms with E-state index in [2.05, 4.69) is 10.1 Å². The fraction of sp³-hybridized carbons (Fsp3) is 0.400. The van der Waals surface area contributed by atoms with E-state index in [0.29, 0.717) is 32.0 Å². The molecule has 2 aromatic rings. The van der Waals surface area contributed by atoms with Gasteiger partial charge in [0, 0.05) is 32.4 Å². The van der Waals surface area contributed by atoms with Crippen molar-refractivity contribution in [1.82, 2.24) is 19.7 Å². The van der Waals surface area contributed by atoms with Crippen molar-refractivity contribution in [2.75, 3.05) is 31.1 Å². The van der Waals surface area contributed by atoms with Gasteiger partial charge in [-0.15, -0.1) is 0 Å². The second-order valence-electron chi connectivity index (χ2n) is 5.76. The number of hydrogen-bond donors (Lipinski definition) is 0. The maximum atomic E-state index is 12.6. The third-order valence-corrected chi connectivity index (χ3v) is 4.80. The van der Waals surface area contributed by atoms with Gasteiger partial charge in [-0.3, -0.25) is 9.69 Å². The summed E-state index contributed by atoms with van der Waals surface area (Å²) in [6, 6.07) is 2.39. The highest BCUT2D eigenvalue weighted by atomic mass is 35.5. The van der Waals surface area contributed by atoms with Crippen LogP contribution in [0, 0.1) is 0 Å². The number of anilines is 1. The van der Waals surface area contributed by atoms with Crippen LogP contribution in [0.15, 0.2) is 29.3 Å². The number of pyridine rings is 1. The summed E-state index contributed by atoms with van der Waals surface area (Å²) in [5.41, 5.74) is -1.24. The van der Waals surface area contributed by atoms with Gasteiger partial charge in [0.2, 0.25) is 0 Å². The second kappa shape index (κ2) is 7.42. The van der Waals surface area contributed by atoms with Crippen LogP contribution in [-0.4, -0.2) is 45.8 Å². The van der Waals surface area contributed by atoms with E-state index in [1.54, 1.807) is 0 Å². The smallest absolute Gasteiger partial charge is 0.354 e. The van der Waals surface area contributed by atoms with Crippen LogP contribution >= 0.6 is 23.2 Å². The molecule has 0 atom stereocenters. The minimum Gasteiger partial charge on any atom is -0.354 e. The zero-order chi connectivity index (χ0) is 18.9. The van der Waals surface area contributed by atoms with Gasteiger partial charge in [-0.1, -0.05) is 23.2 Å². The molecule has 1 saturated heterocycles. The van der Waals surface area contributed by atoms with E-state index in [1.165, 1.54) is 16.9 Å². The summed E-state index contributed by atoms with van der Waals surface area (Å²) in [6.45, 7) is 2.57. The summed E-state index contributed by atoms with van der Waals surface area (Å²) < 4.78 is 39.0. The van der Waals surface area contributed by atoms with E-state index in [-0.39, 0.29) is 16.7 Å². The molecule has 140 valence electrons. The molecule has 11 heteroatoms. The van der Waals surface area contributed by atoms with Gasteiger partial charge in [0.05, 0.1) is 23.5 Å². The lowest BCUT2D eigenvalue weighted by atomic mass is 10.2. The Morgan fingerprint density at radius 3 is 2.35 bits per heavy atom. The Kier molecular flexibility index (Phi) is 5.40. The topological polar surface area (TPSA) is 54.3 Å². The number of aromatic nitrogens is 3. The lowest BCUT2D eigenvalue weighted by Crippen LogP contribution is -2.48. The normalized spacial score (nSPS) is 16.1. The summed E-state index contributed by atoms with van der Waals surface area (Å²) in [7, 11) is 0. The predicted octanol–water partition coefficient (Wildman–Crippen LogP) is 2.74. The summed E-state index contributed by atoms with van der Waals surface area (Å²) >= 11 is 11.6. The molecule has 0 aromatic carbocycles. The lowest BCUT2D eigenvalue weighted by Gasteiger charge is -2.35. The van der Waals surface area contributed by atoms with Crippen molar-refractivity contribution in [3.63, 3.8) is 0 Å². The van der Waals surface area contributed by atoms with E-state index < -0.39 is 17.3 Å². The summed E-state index contributed by atoms with van der Waals surface area (Å²) in [6.07, 6.45) is -2.25. The molecule has 0 saturated carbocycles. The summed E-state index contributed by atoms with van der Waals surface area (Å²) in [5, 5.41) is 3.98. The molecule has 0 amide bonds. The van der Waals surface area contributed by atoms with E-state index >= 15 is 0 Å². The van der Waals surface area contributed by atoms with Gasteiger partial charge in [-0.25, -0.2) is 9.67 Å². The molecule has 0 bridgehead atoms. The molecule has 26 heavy (non-hydrogen) atoms. The third-order valence-electron chi connectivity index (χ3n) is 4.05. The van der Waals surface area contributed by atoms with Crippen LogP contribution in [0.5, 0.6) is 0 Å². The maximum absolute atomic E-state index is 12.6. The van der Waals surface area contributed by atoms with Crippen LogP contribution in [0.2, 0.25) is 10.0 Å². The average molecular weight is 408 g/mol. The monoisotopic (exact) mass is 407 g/mol. The van der Waals surface area contributed by atoms with Crippen LogP contribution in [0.3, 0.4) is 0 Å². The molecule has 3 heterocycles. The number of halogens is 5. The average Bonchev–Trinajstić information content (AvgIpc) is 2.62. The van der Waals surface area contributed by atoms with Crippen molar-refractivity contribution < 1.29 is 13.2 Å². The number of rotatable bonds is 3. The van der Waals surface area contributed by atoms with Crippen molar-refractivity contribution >= 4 is 29.0 Å². The molecule has 6 nitrogen and oxygen atoms in total. The fourth-order valence-electron chi connectivity index (χ4n) is 2.59. The van der Waals surface area contributed by atoms with Gasteiger partial charge in [0.25, 0.3) is 5.56 Å². The molecule has 0 N–H and O–H groups in total. The number of hydrogen-bond acceptors (Lipinski definition) is 5. The van der Waals surface area contributed by atoms with Crippen molar-refractivity contribution in [3.8, 4) is 0 Å². The van der Waals surface area contributed by atoms with Gasteiger partial charge < -0.3 is 4.90 Å². The predicted molar refractivity (Wildman–Crippen MR) is 91.5 cm³/mol. The van der Waals surface area contributed by atoms with E-state index in [0.717, 1.165) is 12.3 Å². The molecule has 0 unspecified atom stereocenters. The first-order valence-corrected chi connectivity index (χ1v) is 8.43. The minimum atomic E-state index is -4.40. The Hall–Kier alpha value is -1.84. The van der Waals surface area contributed by atoms with Crippen LogP contribution in [0.1, 0.15) is 5.56 Å². The lowest BCUT2D eigenvalue weighted by molar-refractivity contribution is -0.137. The zero-order valence-electron chi connectivity index (χ0n) is 13.4. The fourth-order valence-corrected chi connectivity index (χ4v) is 2.87. The van der Waals surface area contributed by atoms with Crippen LogP contribution < -0.4 is 10.5 Å². The first kappa shape index (κ1) is 18.9. The SMILES string of the molecule is O=c1c(Cl)c(Cl)cnn1CN1CCN(c2ccc(C(F)(F)F)cn2)CC1. The molecule has 3 rings (SSSR count). The molecule has 2 aromatic heterocycles. The van der Waals surface area contributed by atoms with Gasteiger partial charge >= 0.3 is 6.18 Å². The third kappa shape index (κ3) is 4.11. The number of nitrogens with zero attached hydrogens (tertiary/aromatic N) is 5. The maximum Gasteiger partial charge on any atom is 0.417 e. The van der Waals surface area contributed by atoms with Crippen molar-refractivity contribution in [1.29, 1.82) is 0 Å². The van der Waals surface area contributed by atoms with Crippen LogP contribution in [0.25, 0.3) is 0 Å². The van der Waals surface area contributed by atoms with Gasteiger partial charge in [0.15, 0.2) is 0 Å². The Bertz CT molecular complexity index is 833. The van der Waals surface area contributed by atoms with E-state index in [4.69, 9.17) is 23.2 Å². The van der Waals surface area contributed by atoms with Crippen LogP contribution in [0.4, 0.5) is 19.0 Å². The minimum absolute atomic E-state index is 0.0748. The number of alkyl halides is 3. The Morgan fingerprint density at radius 1 is 1.08 bits per heavy atom. The van der Waals surface area contributed by atoms with Crippen molar-refractivity contribution in [3.05, 3.63) is 50.5 Å². The Morgan fingerprint density at radius 2 is 1.77 bits per heavy atom. The van der Waals surface area contributed by atoms with Crippen LogP contribution in [-0.2, 0) is 12.8 Å². The highest BCUT2D eigenvalue weighted by molar-refractivity contribution is 6.41. The second-order valence-corrected chi connectivity index (χ2v) is 6.55. The Balaban J connectivity index is 1.61. The van der Waals surface area contributed by atoms with Crippen molar-refractivity contribution in [2.45, 2.75) is 12.8 Å². The van der Waals surface area contributed by atoms with E-state index in [9.17, 15) is 18.0 Å². The highest BCUT2D eigenvalue weighted by Crippen LogP contribution is 2.29. The van der Waals surface area contributed by atoms with Gasteiger partial charge in [0.1, 0.15) is 10.8 Å². The first-order valence-electron chi connectivity index (χ1n) is 7.67.